The highest BCUT2D eigenvalue weighted by molar-refractivity contribution is 6.19. The maximum atomic E-state index is 11.6. The monoisotopic (exact) mass is 171 g/mol. The molecule has 2 rings (SSSR count). The van der Waals surface area contributed by atoms with Crippen molar-refractivity contribution in [2.24, 2.45) is 0 Å². The van der Waals surface area contributed by atoms with Crippen LogP contribution in [0.4, 0.5) is 5.69 Å². The zero-order chi connectivity index (χ0) is 9.42. The molecule has 0 aromatic heterocycles. The zero-order valence-corrected chi connectivity index (χ0v) is 7.16. The fourth-order valence-electron chi connectivity index (χ4n) is 1.49. The van der Waals surface area contributed by atoms with Crippen LogP contribution in [0.5, 0.6) is 0 Å². The lowest BCUT2D eigenvalue weighted by atomic mass is 10.1. The topological polar surface area (TPSA) is 20.3 Å². The summed E-state index contributed by atoms with van der Waals surface area (Å²) in [7, 11) is 0. The molecular formula is C11H9NO. The second kappa shape index (κ2) is 2.59. The average Bonchev–Trinajstić information content (AvgIpc) is 2.41. The van der Waals surface area contributed by atoms with E-state index in [2.05, 4.69) is 13.2 Å². The number of Topliss-reactive ketones (excluding diaryl/α,β-unsaturated/α-hetero) is 1. The molecule has 0 amide bonds. The Labute approximate surface area is 76.8 Å². The molecule has 1 aromatic carbocycles. The number of para-hydroxylation sites is 1. The Morgan fingerprint density at radius 1 is 1.31 bits per heavy atom. The van der Waals surface area contributed by atoms with Gasteiger partial charge < -0.3 is 4.90 Å². The van der Waals surface area contributed by atoms with Crippen LogP contribution in [-0.2, 0) is 0 Å². The van der Waals surface area contributed by atoms with E-state index in [9.17, 15) is 4.79 Å². The second-order valence-corrected chi connectivity index (χ2v) is 2.85. The molecule has 1 heterocycles. The van der Waals surface area contributed by atoms with E-state index in [1.165, 1.54) is 0 Å². The summed E-state index contributed by atoms with van der Waals surface area (Å²) in [6, 6.07) is 7.41. The summed E-state index contributed by atoms with van der Waals surface area (Å²) in [5.74, 6) is -0.0181. The van der Waals surface area contributed by atoms with E-state index in [-0.39, 0.29) is 5.78 Å². The van der Waals surface area contributed by atoms with Crippen LogP contribution in [0.25, 0.3) is 0 Å². The molecule has 0 fully saturated rings. The van der Waals surface area contributed by atoms with Gasteiger partial charge in [-0.05, 0) is 12.1 Å². The average molecular weight is 171 g/mol. The molecule has 0 unspecified atom stereocenters. The number of nitrogens with zero attached hydrogens (tertiary/aromatic N) is 1. The molecule has 0 saturated carbocycles. The van der Waals surface area contributed by atoms with E-state index in [1.807, 2.05) is 18.2 Å². The Morgan fingerprint density at radius 3 is 2.69 bits per heavy atom. The number of ketones is 1. The molecule has 1 aliphatic rings. The van der Waals surface area contributed by atoms with E-state index in [0.717, 1.165) is 5.69 Å². The second-order valence-electron chi connectivity index (χ2n) is 2.85. The van der Waals surface area contributed by atoms with Crippen LogP contribution < -0.4 is 4.90 Å². The number of allylic oxidation sites excluding steroid dienone is 1. The first-order chi connectivity index (χ1) is 6.25. The zero-order valence-electron chi connectivity index (χ0n) is 7.16. The van der Waals surface area contributed by atoms with Gasteiger partial charge >= 0.3 is 0 Å². The predicted molar refractivity (Wildman–Crippen MR) is 52.6 cm³/mol. The molecule has 64 valence electrons. The third-order valence-corrected chi connectivity index (χ3v) is 2.14. The number of anilines is 1. The van der Waals surface area contributed by atoms with Crippen molar-refractivity contribution in [3.8, 4) is 0 Å². The number of rotatable bonds is 1. The van der Waals surface area contributed by atoms with Gasteiger partial charge in [0.25, 0.3) is 0 Å². The quantitative estimate of drug-likeness (QED) is 0.604. The maximum Gasteiger partial charge on any atom is 0.211 e. The van der Waals surface area contributed by atoms with Crippen molar-refractivity contribution >= 4 is 11.5 Å². The lowest BCUT2D eigenvalue weighted by Gasteiger charge is -2.12. The Hall–Kier alpha value is -1.83. The number of benzene rings is 1. The van der Waals surface area contributed by atoms with Crippen molar-refractivity contribution in [2.75, 3.05) is 4.90 Å². The summed E-state index contributed by atoms with van der Waals surface area (Å²) in [5, 5.41) is 0. The number of fused-ring (bicyclic) bond motifs is 1. The Morgan fingerprint density at radius 2 is 2.00 bits per heavy atom. The maximum absolute atomic E-state index is 11.6. The summed E-state index contributed by atoms with van der Waals surface area (Å²) in [4.78, 5) is 13.3. The van der Waals surface area contributed by atoms with Crippen molar-refractivity contribution in [3.63, 3.8) is 0 Å². The molecule has 0 bridgehead atoms. The summed E-state index contributed by atoms with van der Waals surface area (Å²) in [6.45, 7) is 7.35. The molecule has 0 radical (unpaired) electrons. The van der Waals surface area contributed by atoms with E-state index < -0.39 is 0 Å². The Bertz CT molecular complexity index is 406. The van der Waals surface area contributed by atoms with Crippen LogP contribution in [0.1, 0.15) is 10.4 Å². The van der Waals surface area contributed by atoms with Gasteiger partial charge in [0.2, 0.25) is 5.78 Å². The molecule has 0 atom stereocenters. The first-order valence-electron chi connectivity index (χ1n) is 4.00. The van der Waals surface area contributed by atoms with Crippen LogP contribution in [0.3, 0.4) is 0 Å². The van der Waals surface area contributed by atoms with Crippen LogP contribution in [0.15, 0.2) is 49.3 Å². The predicted octanol–water partition coefficient (Wildman–Crippen LogP) is 2.35. The van der Waals surface area contributed by atoms with Crippen molar-refractivity contribution in [1.82, 2.24) is 0 Å². The highest BCUT2D eigenvalue weighted by Crippen LogP contribution is 2.33. The molecule has 1 aliphatic heterocycles. The van der Waals surface area contributed by atoms with E-state index in [4.69, 9.17) is 0 Å². The summed E-state index contributed by atoms with van der Waals surface area (Å²) in [5.41, 5.74) is 2.04. The fourth-order valence-corrected chi connectivity index (χ4v) is 1.49. The van der Waals surface area contributed by atoms with Crippen LogP contribution in [0.2, 0.25) is 0 Å². The van der Waals surface area contributed by atoms with Crippen molar-refractivity contribution in [1.29, 1.82) is 0 Å². The van der Waals surface area contributed by atoms with Gasteiger partial charge in [0.1, 0.15) is 0 Å². The molecular weight excluding hydrogens is 162 g/mol. The Balaban J connectivity index is 2.66. The summed E-state index contributed by atoms with van der Waals surface area (Å²) >= 11 is 0. The minimum Gasteiger partial charge on any atom is -0.314 e. The van der Waals surface area contributed by atoms with Gasteiger partial charge in [-0.25, -0.2) is 0 Å². The highest BCUT2D eigenvalue weighted by atomic mass is 16.1. The molecule has 13 heavy (non-hydrogen) atoms. The SMILES string of the molecule is C=CN1C(=C)C(=O)c2ccccc21. The van der Waals surface area contributed by atoms with Crippen LogP contribution >= 0.6 is 0 Å². The molecule has 0 spiro atoms. The molecule has 1 aromatic rings. The lowest BCUT2D eigenvalue weighted by molar-refractivity contribution is 0.104. The van der Waals surface area contributed by atoms with Gasteiger partial charge in [-0.2, -0.15) is 0 Å². The molecule has 0 aliphatic carbocycles. The standard InChI is InChI=1S/C11H9NO/c1-3-12-8(2)11(13)9-6-4-5-7-10(9)12/h3-7H,1-2H2. The number of hydrogen-bond acceptors (Lipinski definition) is 2. The molecule has 0 N–H and O–H groups in total. The molecule has 2 nitrogen and oxygen atoms in total. The van der Waals surface area contributed by atoms with E-state index in [0.29, 0.717) is 11.3 Å². The van der Waals surface area contributed by atoms with Crippen LogP contribution in [-0.4, -0.2) is 5.78 Å². The van der Waals surface area contributed by atoms with Gasteiger partial charge in [0.05, 0.1) is 11.4 Å². The van der Waals surface area contributed by atoms with Gasteiger partial charge in [0, 0.05) is 11.8 Å². The van der Waals surface area contributed by atoms with E-state index in [1.54, 1.807) is 17.2 Å². The minimum atomic E-state index is -0.0181. The first kappa shape index (κ1) is 7.80. The van der Waals surface area contributed by atoms with Gasteiger partial charge in [-0.15, -0.1) is 0 Å². The minimum absolute atomic E-state index is 0.0181. The first-order valence-corrected chi connectivity index (χ1v) is 4.00. The fraction of sp³-hybridized carbons (Fsp3) is 0. The largest absolute Gasteiger partial charge is 0.314 e. The number of hydrogen-bond donors (Lipinski definition) is 0. The van der Waals surface area contributed by atoms with Crippen molar-refractivity contribution in [2.45, 2.75) is 0 Å². The van der Waals surface area contributed by atoms with Gasteiger partial charge in [0.15, 0.2) is 0 Å². The smallest absolute Gasteiger partial charge is 0.211 e. The molecule has 2 heteroatoms. The third-order valence-electron chi connectivity index (χ3n) is 2.14. The number of carbonyl (C=O) groups excluding carboxylic acids is 1. The Kier molecular flexibility index (Phi) is 1.55. The third kappa shape index (κ3) is 0.920. The number of carbonyl (C=O) groups is 1. The summed E-state index contributed by atoms with van der Waals surface area (Å²) in [6.07, 6.45) is 1.60. The van der Waals surface area contributed by atoms with Crippen molar-refractivity contribution < 1.29 is 4.79 Å². The van der Waals surface area contributed by atoms with Gasteiger partial charge in [-0.1, -0.05) is 25.3 Å². The van der Waals surface area contributed by atoms with Crippen molar-refractivity contribution in [3.05, 3.63) is 54.9 Å². The molecule has 0 saturated heterocycles. The van der Waals surface area contributed by atoms with Crippen LogP contribution in [0, 0.1) is 0 Å². The summed E-state index contributed by atoms with van der Waals surface area (Å²) < 4.78 is 0. The van der Waals surface area contributed by atoms with E-state index >= 15 is 0 Å². The normalized spacial score (nSPS) is 14.6. The highest BCUT2D eigenvalue weighted by Gasteiger charge is 2.28. The van der Waals surface area contributed by atoms with Gasteiger partial charge in [-0.3, -0.25) is 4.79 Å². The lowest BCUT2D eigenvalue weighted by Crippen LogP contribution is -2.10.